The van der Waals surface area contributed by atoms with E-state index in [1.165, 1.54) is 5.56 Å². The Morgan fingerprint density at radius 1 is 1.11 bits per heavy atom. The molecule has 1 fully saturated rings. The summed E-state index contributed by atoms with van der Waals surface area (Å²) in [6.07, 6.45) is 1.13. The first-order chi connectivity index (χ1) is 13.6. The van der Waals surface area contributed by atoms with Crippen LogP contribution in [-0.4, -0.2) is 48.4 Å². The molecule has 1 heterocycles. The highest BCUT2D eigenvalue weighted by atomic mass is 16.5. The van der Waals surface area contributed by atoms with Crippen molar-refractivity contribution in [1.29, 1.82) is 0 Å². The number of hydrogen-bond acceptors (Lipinski definition) is 3. The zero-order valence-electron chi connectivity index (χ0n) is 16.6. The molecule has 2 aromatic rings. The number of likely N-dealkylation sites (tertiary alicyclic amines) is 1. The van der Waals surface area contributed by atoms with Gasteiger partial charge in [0.25, 0.3) is 0 Å². The molecule has 2 amide bonds. The van der Waals surface area contributed by atoms with E-state index < -0.39 is 0 Å². The normalized spacial score (nSPS) is 16.3. The van der Waals surface area contributed by atoms with E-state index in [9.17, 15) is 9.59 Å². The Hall–Kier alpha value is -2.82. The Morgan fingerprint density at radius 2 is 1.82 bits per heavy atom. The van der Waals surface area contributed by atoms with Crippen LogP contribution in [-0.2, 0) is 22.6 Å². The lowest BCUT2D eigenvalue weighted by Gasteiger charge is -2.24. The molecule has 1 unspecified atom stereocenters. The first kappa shape index (κ1) is 19.9. The van der Waals surface area contributed by atoms with Crippen molar-refractivity contribution < 1.29 is 14.3 Å². The van der Waals surface area contributed by atoms with E-state index in [2.05, 4.69) is 12.1 Å². The molecule has 0 saturated carbocycles. The molecule has 1 aliphatic rings. The van der Waals surface area contributed by atoms with E-state index in [1.54, 1.807) is 7.11 Å². The molecule has 148 valence electrons. The molecule has 0 radical (unpaired) electrons. The SMILES string of the molecule is CCN(Cc1ccc(OC)cc1)C(=O)C1CC(=O)N(CCc2ccccc2)C1. The van der Waals surface area contributed by atoms with E-state index in [1.807, 2.05) is 59.2 Å². The number of benzene rings is 2. The van der Waals surface area contributed by atoms with Crippen LogP contribution in [0.15, 0.2) is 54.6 Å². The third kappa shape index (κ3) is 4.91. The summed E-state index contributed by atoms with van der Waals surface area (Å²) >= 11 is 0. The molecule has 0 N–H and O–H groups in total. The molecule has 2 aromatic carbocycles. The van der Waals surface area contributed by atoms with E-state index >= 15 is 0 Å². The van der Waals surface area contributed by atoms with Crippen molar-refractivity contribution in [3.63, 3.8) is 0 Å². The van der Waals surface area contributed by atoms with Crippen molar-refractivity contribution in [3.8, 4) is 5.75 Å². The first-order valence-corrected chi connectivity index (χ1v) is 9.84. The Labute approximate surface area is 166 Å². The number of carbonyl (C=O) groups is 2. The van der Waals surface area contributed by atoms with Crippen molar-refractivity contribution in [2.24, 2.45) is 5.92 Å². The van der Waals surface area contributed by atoms with Gasteiger partial charge < -0.3 is 14.5 Å². The summed E-state index contributed by atoms with van der Waals surface area (Å²) in [7, 11) is 1.64. The molecular weight excluding hydrogens is 352 g/mol. The Bertz CT molecular complexity index is 789. The summed E-state index contributed by atoms with van der Waals surface area (Å²) in [5.41, 5.74) is 2.26. The average Bonchev–Trinajstić information content (AvgIpc) is 3.11. The van der Waals surface area contributed by atoms with Crippen molar-refractivity contribution in [3.05, 3.63) is 65.7 Å². The minimum atomic E-state index is -0.249. The highest BCUT2D eigenvalue weighted by Gasteiger charge is 2.35. The smallest absolute Gasteiger partial charge is 0.228 e. The maximum absolute atomic E-state index is 13.0. The number of nitrogens with zero attached hydrogens (tertiary/aromatic N) is 2. The number of methoxy groups -OCH3 is 1. The van der Waals surface area contributed by atoms with Gasteiger partial charge in [0.1, 0.15) is 5.75 Å². The fourth-order valence-electron chi connectivity index (χ4n) is 3.62. The summed E-state index contributed by atoms with van der Waals surface area (Å²) in [6.45, 7) is 4.33. The predicted octanol–water partition coefficient (Wildman–Crippen LogP) is 3.13. The summed E-state index contributed by atoms with van der Waals surface area (Å²) in [6, 6.07) is 17.9. The molecule has 5 nitrogen and oxygen atoms in total. The lowest BCUT2D eigenvalue weighted by molar-refractivity contribution is -0.136. The number of carbonyl (C=O) groups excluding carboxylic acids is 2. The van der Waals surface area contributed by atoms with Crippen molar-refractivity contribution in [2.75, 3.05) is 26.7 Å². The molecule has 28 heavy (non-hydrogen) atoms. The molecule has 5 heteroatoms. The zero-order valence-corrected chi connectivity index (χ0v) is 16.6. The topological polar surface area (TPSA) is 49.9 Å². The summed E-state index contributed by atoms with van der Waals surface area (Å²) < 4.78 is 5.18. The van der Waals surface area contributed by atoms with Crippen LogP contribution in [0.3, 0.4) is 0 Å². The maximum Gasteiger partial charge on any atom is 0.228 e. The molecule has 0 spiro atoms. The fourth-order valence-corrected chi connectivity index (χ4v) is 3.62. The second-order valence-corrected chi connectivity index (χ2v) is 7.18. The standard InChI is InChI=1S/C23H28N2O3/c1-3-24(16-19-9-11-21(28-2)12-10-19)23(27)20-15-22(26)25(17-20)14-13-18-7-5-4-6-8-18/h4-12,20H,3,13-17H2,1-2H3. The van der Waals surface area contributed by atoms with Gasteiger partial charge in [-0.25, -0.2) is 0 Å². The predicted molar refractivity (Wildman–Crippen MR) is 109 cm³/mol. The highest BCUT2D eigenvalue weighted by Crippen LogP contribution is 2.22. The van der Waals surface area contributed by atoms with Crippen LogP contribution in [0.2, 0.25) is 0 Å². The number of amides is 2. The van der Waals surface area contributed by atoms with E-state index in [4.69, 9.17) is 4.74 Å². The van der Waals surface area contributed by atoms with Gasteiger partial charge in [0.15, 0.2) is 0 Å². The zero-order chi connectivity index (χ0) is 19.9. The van der Waals surface area contributed by atoms with E-state index in [-0.39, 0.29) is 17.7 Å². The van der Waals surface area contributed by atoms with Crippen molar-refractivity contribution >= 4 is 11.8 Å². The Morgan fingerprint density at radius 3 is 2.46 bits per heavy atom. The molecule has 0 aromatic heterocycles. The van der Waals surface area contributed by atoms with Crippen LogP contribution in [0.4, 0.5) is 0 Å². The summed E-state index contributed by atoms with van der Waals surface area (Å²) in [5.74, 6) is 0.693. The molecular formula is C23H28N2O3. The molecule has 0 bridgehead atoms. The summed E-state index contributed by atoms with van der Waals surface area (Å²) in [4.78, 5) is 29.0. The molecule has 3 rings (SSSR count). The Balaban J connectivity index is 1.56. The minimum Gasteiger partial charge on any atom is -0.497 e. The lowest BCUT2D eigenvalue weighted by atomic mass is 10.1. The quantitative estimate of drug-likeness (QED) is 0.707. The van der Waals surface area contributed by atoms with Gasteiger partial charge in [-0.05, 0) is 36.6 Å². The van der Waals surface area contributed by atoms with E-state index in [0.717, 1.165) is 17.7 Å². The molecule has 1 aliphatic heterocycles. The maximum atomic E-state index is 13.0. The molecule has 1 atom stereocenters. The van der Waals surface area contributed by atoms with E-state index in [0.29, 0.717) is 32.6 Å². The van der Waals surface area contributed by atoms with Gasteiger partial charge in [0, 0.05) is 32.6 Å². The van der Waals surface area contributed by atoms with Gasteiger partial charge in [-0.1, -0.05) is 42.5 Å². The summed E-state index contributed by atoms with van der Waals surface area (Å²) in [5, 5.41) is 0. The van der Waals surface area contributed by atoms with Crippen LogP contribution in [0, 0.1) is 5.92 Å². The monoisotopic (exact) mass is 380 g/mol. The van der Waals surface area contributed by atoms with Gasteiger partial charge >= 0.3 is 0 Å². The number of rotatable bonds is 8. The van der Waals surface area contributed by atoms with Crippen LogP contribution >= 0.6 is 0 Å². The van der Waals surface area contributed by atoms with Crippen molar-refractivity contribution in [2.45, 2.75) is 26.3 Å². The second kappa shape index (κ2) is 9.40. The number of ether oxygens (including phenoxy) is 1. The third-order valence-corrected chi connectivity index (χ3v) is 5.30. The van der Waals surface area contributed by atoms with Crippen LogP contribution in [0.5, 0.6) is 5.75 Å². The molecule has 0 aliphatic carbocycles. The second-order valence-electron chi connectivity index (χ2n) is 7.18. The van der Waals surface area contributed by atoms with Gasteiger partial charge in [-0.15, -0.1) is 0 Å². The van der Waals surface area contributed by atoms with Gasteiger partial charge in [-0.3, -0.25) is 9.59 Å². The van der Waals surface area contributed by atoms with Crippen LogP contribution < -0.4 is 4.74 Å². The molecule has 1 saturated heterocycles. The Kier molecular flexibility index (Phi) is 6.69. The van der Waals surface area contributed by atoms with Crippen LogP contribution in [0.1, 0.15) is 24.5 Å². The minimum absolute atomic E-state index is 0.0638. The van der Waals surface area contributed by atoms with Gasteiger partial charge in [0.05, 0.1) is 13.0 Å². The largest absolute Gasteiger partial charge is 0.497 e. The average molecular weight is 380 g/mol. The fraction of sp³-hybridized carbons (Fsp3) is 0.391. The highest BCUT2D eigenvalue weighted by molar-refractivity contribution is 5.89. The van der Waals surface area contributed by atoms with Crippen LogP contribution in [0.25, 0.3) is 0 Å². The third-order valence-electron chi connectivity index (χ3n) is 5.30. The number of hydrogen-bond donors (Lipinski definition) is 0. The van der Waals surface area contributed by atoms with Gasteiger partial charge in [-0.2, -0.15) is 0 Å². The lowest BCUT2D eigenvalue weighted by Crippen LogP contribution is -2.37. The first-order valence-electron chi connectivity index (χ1n) is 9.84. The van der Waals surface area contributed by atoms with Gasteiger partial charge in [0.2, 0.25) is 11.8 Å². The van der Waals surface area contributed by atoms with Crippen molar-refractivity contribution in [1.82, 2.24) is 9.80 Å².